The molecule has 1 aromatic heterocycles. The minimum absolute atomic E-state index is 0.0492. The molecule has 0 aliphatic rings. The van der Waals surface area contributed by atoms with Gasteiger partial charge in [0.2, 0.25) is 0 Å². The van der Waals surface area contributed by atoms with Gasteiger partial charge in [-0.15, -0.1) is 0 Å². The van der Waals surface area contributed by atoms with Crippen molar-refractivity contribution in [3.05, 3.63) is 47.3 Å². The zero-order chi connectivity index (χ0) is 15.6. The summed E-state index contributed by atoms with van der Waals surface area (Å²) in [6.45, 7) is 0.0601. The summed E-state index contributed by atoms with van der Waals surface area (Å²) in [4.78, 5) is 11.8. The quantitative estimate of drug-likeness (QED) is 0.696. The molecule has 5 nitrogen and oxygen atoms in total. The van der Waals surface area contributed by atoms with Gasteiger partial charge in [0.05, 0.1) is 0 Å². The van der Waals surface area contributed by atoms with Gasteiger partial charge in [-0.05, 0) is 6.07 Å². The molecule has 21 heavy (non-hydrogen) atoms. The van der Waals surface area contributed by atoms with Gasteiger partial charge in [0, 0.05) is 19.4 Å². The van der Waals surface area contributed by atoms with E-state index in [2.05, 4.69) is 5.10 Å². The van der Waals surface area contributed by atoms with Crippen molar-refractivity contribution in [2.45, 2.75) is 6.73 Å². The fraction of sp³-hybridized carbons (Fsp3) is 0.167. The van der Waals surface area contributed by atoms with Crippen LogP contribution in [-0.2, 0) is 11.5 Å². The molecule has 0 radical (unpaired) electrons. The van der Waals surface area contributed by atoms with Crippen LogP contribution in [0.1, 0.15) is 10.5 Å². The van der Waals surface area contributed by atoms with Crippen LogP contribution in [-0.4, -0.2) is 22.8 Å². The Kier molecular flexibility index (Phi) is 4.22. The molecule has 112 valence electrons. The molecule has 1 heterocycles. The first-order valence-electron chi connectivity index (χ1n) is 5.60. The summed E-state index contributed by atoms with van der Waals surface area (Å²) < 4.78 is 58.8. The van der Waals surface area contributed by atoms with Crippen LogP contribution in [0.2, 0.25) is 0 Å². The van der Waals surface area contributed by atoms with E-state index >= 15 is 0 Å². The minimum Gasteiger partial charge on any atom is -0.362 e. The molecule has 0 aliphatic heterocycles. The van der Waals surface area contributed by atoms with Gasteiger partial charge < -0.3 is 10.1 Å². The van der Waals surface area contributed by atoms with E-state index in [0.29, 0.717) is 0 Å². The molecule has 0 unspecified atom stereocenters. The monoisotopic (exact) mass is 303 g/mol. The van der Waals surface area contributed by atoms with Crippen LogP contribution in [0.15, 0.2) is 18.3 Å². The Balaban J connectivity index is 2.27. The van der Waals surface area contributed by atoms with Crippen molar-refractivity contribution >= 4 is 11.6 Å². The third-order valence-corrected chi connectivity index (χ3v) is 2.48. The van der Waals surface area contributed by atoms with E-state index in [1.54, 1.807) is 5.32 Å². The SMILES string of the molecule is COCn1ccc(C(=O)Nc2c(F)c(F)cc(F)c2F)n1. The molecular weight excluding hydrogens is 294 g/mol. The molecule has 1 N–H and O–H groups in total. The number of methoxy groups -OCH3 is 1. The van der Waals surface area contributed by atoms with Crippen molar-refractivity contribution in [2.24, 2.45) is 0 Å². The number of nitrogens with zero attached hydrogens (tertiary/aromatic N) is 2. The number of rotatable bonds is 4. The second-order valence-electron chi connectivity index (χ2n) is 3.96. The maximum absolute atomic E-state index is 13.4. The van der Waals surface area contributed by atoms with Crippen molar-refractivity contribution in [3.8, 4) is 0 Å². The second kappa shape index (κ2) is 5.92. The van der Waals surface area contributed by atoms with E-state index in [0.717, 1.165) is 0 Å². The molecular formula is C12H9F4N3O2. The van der Waals surface area contributed by atoms with Gasteiger partial charge in [0.1, 0.15) is 12.4 Å². The number of benzene rings is 1. The smallest absolute Gasteiger partial charge is 0.276 e. The average Bonchev–Trinajstić information content (AvgIpc) is 2.90. The van der Waals surface area contributed by atoms with E-state index in [-0.39, 0.29) is 18.5 Å². The highest BCUT2D eigenvalue weighted by molar-refractivity contribution is 6.02. The Bertz CT molecular complexity index is 661. The predicted molar refractivity (Wildman–Crippen MR) is 63.5 cm³/mol. The number of aromatic nitrogens is 2. The zero-order valence-corrected chi connectivity index (χ0v) is 10.7. The summed E-state index contributed by atoms with van der Waals surface area (Å²) in [5.74, 6) is -7.65. The highest BCUT2D eigenvalue weighted by Crippen LogP contribution is 2.24. The van der Waals surface area contributed by atoms with E-state index in [1.807, 2.05) is 0 Å². The fourth-order valence-corrected chi connectivity index (χ4v) is 1.55. The lowest BCUT2D eigenvalue weighted by Gasteiger charge is -2.07. The van der Waals surface area contributed by atoms with Gasteiger partial charge in [-0.3, -0.25) is 4.79 Å². The number of hydrogen-bond donors (Lipinski definition) is 1. The number of carbonyl (C=O) groups is 1. The number of hydrogen-bond acceptors (Lipinski definition) is 3. The van der Waals surface area contributed by atoms with Crippen LogP contribution in [0.5, 0.6) is 0 Å². The van der Waals surface area contributed by atoms with E-state index in [9.17, 15) is 22.4 Å². The summed E-state index contributed by atoms with van der Waals surface area (Å²) in [6.07, 6.45) is 1.39. The molecule has 0 bridgehead atoms. The normalized spacial score (nSPS) is 10.7. The number of nitrogens with one attached hydrogen (secondary N) is 1. The van der Waals surface area contributed by atoms with Gasteiger partial charge in [0.15, 0.2) is 29.0 Å². The molecule has 1 aromatic carbocycles. The van der Waals surface area contributed by atoms with Crippen LogP contribution in [0.4, 0.5) is 23.2 Å². The van der Waals surface area contributed by atoms with Crippen LogP contribution in [0, 0.1) is 23.3 Å². The summed E-state index contributed by atoms with van der Waals surface area (Å²) in [5.41, 5.74) is -1.41. The predicted octanol–water partition coefficient (Wildman–Crippen LogP) is 2.30. The van der Waals surface area contributed by atoms with Crippen molar-refractivity contribution < 1.29 is 27.1 Å². The van der Waals surface area contributed by atoms with Gasteiger partial charge in [-0.1, -0.05) is 0 Å². The first kappa shape index (κ1) is 15.0. The highest BCUT2D eigenvalue weighted by atomic mass is 19.2. The third-order valence-electron chi connectivity index (χ3n) is 2.48. The van der Waals surface area contributed by atoms with Gasteiger partial charge in [0.25, 0.3) is 5.91 Å². The summed E-state index contributed by atoms with van der Waals surface area (Å²) in [6, 6.07) is 1.30. The Morgan fingerprint density at radius 1 is 1.29 bits per heavy atom. The van der Waals surface area contributed by atoms with Crippen LogP contribution >= 0.6 is 0 Å². The molecule has 2 rings (SSSR count). The van der Waals surface area contributed by atoms with Gasteiger partial charge in [-0.25, -0.2) is 22.2 Å². The standard InChI is InChI=1S/C12H9F4N3O2/c1-21-5-19-3-2-8(18-19)12(20)17-11-9(15)6(13)4-7(14)10(11)16/h2-4H,5H2,1H3,(H,17,20). The molecule has 0 saturated heterocycles. The maximum atomic E-state index is 13.4. The zero-order valence-electron chi connectivity index (χ0n) is 10.7. The lowest BCUT2D eigenvalue weighted by molar-refractivity contribution is 0.101. The first-order valence-corrected chi connectivity index (χ1v) is 5.60. The van der Waals surface area contributed by atoms with Crippen LogP contribution in [0.25, 0.3) is 0 Å². The van der Waals surface area contributed by atoms with E-state index in [4.69, 9.17) is 4.74 Å². The number of carbonyl (C=O) groups excluding carboxylic acids is 1. The molecule has 0 aliphatic carbocycles. The molecule has 2 aromatic rings. The Morgan fingerprint density at radius 2 is 1.90 bits per heavy atom. The lowest BCUT2D eigenvalue weighted by Crippen LogP contribution is -2.17. The van der Waals surface area contributed by atoms with E-state index < -0.39 is 34.9 Å². The number of anilines is 1. The molecule has 0 saturated carbocycles. The van der Waals surface area contributed by atoms with E-state index in [1.165, 1.54) is 24.1 Å². The van der Waals surface area contributed by atoms with Crippen LogP contribution in [0.3, 0.4) is 0 Å². The van der Waals surface area contributed by atoms with Crippen molar-refractivity contribution in [3.63, 3.8) is 0 Å². The lowest BCUT2D eigenvalue weighted by atomic mass is 10.2. The first-order chi connectivity index (χ1) is 9.93. The van der Waals surface area contributed by atoms with Crippen LogP contribution < -0.4 is 5.32 Å². The highest BCUT2D eigenvalue weighted by Gasteiger charge is 2.22. The Morgan fingerprint density at radius 3 is 2.48 bits per heavy atom. The summed E-state index contributed by atoms with van der Waals surface area (Å²) in [7, 11) is 1.40. The fourth-order valence-electron chi connectivity index (χ4n) is 1.55. The topological polar surface area (TPSA) is 56.1 Å². The maximum Gasteiger partial charge on any atom is 0.276 e. The molecule has 0 fully saturated rings. The average molecular weight is 303 g/mol. The van der Waals surface area contributed by atoms with Crippen molar-refractivity contribution in [1.29, 1.82) is 0 Å². The summed E-state index contributed by atoms with van der Waals surface area (Å²) >= 11 is 0. The third kappa shape index (κ3) is 3.02. The molecule has 0 spiro atoms. The molecule has 9 heteroatoms. The summed E-state index contributed by atoms with van der Waals surface area (Å²) in [5, 5.41) is 5.49. The van der Waals surface area contributed by atoms with Crippen molar-refractivity contribution in [2.75, 3.05) is 12.4 Å². The number of ether oxygens (including phenoxy) is 1. The van der Waals surface area contributed by atoms with Crippen molar-refractivity contribution in [1.82, 2.24) is 9.78 Å². The number of halogens is 4. The molecule has 1 amide bonds. The largest absolute Gasteiger partial charge is 0.362 e. The van der Waals surface area contributed by atoms with Gasteiger partial charge >= 0.3 is 0 Å². The van der Waals surface area contributed by atoms with Gasteiger partial charge in [-0.2, -0.15) is 5.10 Å². The second-order valence-corrected chi connectivity index (χ2v) is 3.96. The number of amides is 1. The minimum atomic E-state index is -1.70. The Labute approximate surface area is 116 Å². The molecule has 0 atom stereocenters. The Hall–Kier alpha value is -2.42.